The van der Waals surface area contributed by atoms with Gasteiger partial charge in [-0.05, 0) is 32.9 Å². The summed E-state index contributed by atoms with van der Waals surface area (Å²) in [6.45, 7) is 6.88. The Balaban J connectivity index is 2.44. The first-order valence-corrected chi connectivity index (χ1v) is 8.05. The molecule has 1 aromatic rings. The zero-order valence-electron chi connectivity index (χ0n) is 14.6. The number of nitrogens with one attached hydrogen (secondary N) is 2. The van der Waals surface area contributed by atoms with Gasteiger partial charge in [0.25, 0.3) is 5.91 Å². The van der Waals surface area contributed by atoms with Crippen LogP contribution in [0.2, 0.25) is 5.02 Å². The number of rotatable bonds is 6. The number of quaternary nitrogens is 1. The lowest BCUT2D eigenvalue weighted by Crippen LogP contribution is -3.08. The van der Waals surface area contributed by atoms with Crippen LogP contribution >= 0.6 is 11.6 Å². The van der Waals surface area contributed by atoms with Crippen molar-refractivity contribution in [1.82, 2.24) is 10.2 Å². The number of nitrogens with zero attached hydrogens (tertiary/aromatic N) is 1. The largest absolute Gasteiger partial charge is 0.350 e. The predicted molar refractivity (Wildman–Crippen MR) is 92.4 cm³/mol. The number of carbonyl (C=O) groups is 2. The molecule has 0 bridgehead atoms. The second kappa shape index (κ2) is 8.31. The van der Waals surface area contributed by atoms with Crippen molar-refractivity contribution in [3.05, 3.63) is 34.9 Å². The fraction of sp³-hybridized carbons (Fsp3) is 0.529. The van der Waals surface area contributed by atoms with Crippen molar-refractivity contribution in [2.45, 2.75) is 32.9 Å². The van der Waals surface area contributed by atoms with Crippen LogP contribution in [-0.4, -0.2) is 49.4 Å². The van der Waals surface area contributed by atoms with Gasteiger partial charge in [-0.2, -0.15) is 0 Å². The zero-order valence-corrected chi connectivity index (χ0v) is 15.3. The van der Waals surface area contributed by atoms with E-state index in [-0.39, 0.29) is 23.9 Å². The molecule has 0 fully saturated rings. The molecule has 0 aliphatic carbocycles. The summed E-state index contributed by atoms with van der Waals surface area (Å²) in [4.78, 5) is 26.6. The van der Waals surface area contributed by atoms with E-state index in [0.29, 0.717) is 11.6 Å². The molecule has 1 rings (SSSR count). The van der Waals surface area contributed by atoms with Gasteiger partial charge in [0, 0.05) is 23.2 Å². The Morgan fingerprint density at radius 3 is 2.30 bits per heavy atom. The van der Waals surface area contributed by atoms with Crippen LogP contribution in [0.5, 0.6) is 0 Å². The molecule has 0 spiro atoms. The van der Waals surface area contributed by atoms with Crippen molar-refractivity contribution < 1.29 is 14.5 Å². The lowest BCUT2D eigenvalue weighted by molar-refractivity contribution is -0.885. The van der Waals surface area contributed by atoms with Crippen molar-refractivity contribution >= 4 is 23.4 Å². The third kappa shape index (κ3) is 8.00. The standard InChI is InChI=1S/C17H26ClN3O2/c1-17(2,3)19-15(22)11-21(5)16(23)12-20(4)10-13-6-8-14(18)9-7-13/h6-9H,10-12H2,1-5H3,(H,19,22)/p+1. The van der Waals surface area contributed by atoms with Gasteiger partial charge in [0.15, 0.2) is 6.54 Å². The molecule has 23 heavy (non-hydrogen) atoms. The van der Waals surface area contributed by atoms with E-state index in [0.717, 1.165) is 17.0 Å². The van der Waals surface area contributed by atoms with Crippen LogP contribution in [0.3, 0.4) is 0 Å². The van der Waals surface area contributed by atoms with Gasteiger partial charge in [-0.15, -0.1) is 0 Å². The first-order valence-electron chi connectivity index (χ1n) is 7.67. The van der Waals surface area contributed by atoms with Crippen LogP contribution in [0.1, 0.15) is 26.3 Å². The average Bonchev–Trinajstić information content (AvgIpc) is 2.38. The van der Waals surface area contributed by atoms with E-state index in [9.17, 15) is 9.59 Å². The van der Waals surface area contributed by atoms with Crippen LogP contribution in [-0.2, 0) is 16.1 Å². The minimum atomic E-state index is -0.294. The maximum absolute atomic E-state index is 12.2. The van der Waals surface area contributed by atoms with Crippen molar-refractivity contribution in [2.24, 2.45) is 0 Å². The first-order chi connectivity index (χ1) is 10.6. The summed E-state index contributed by atoms with van der Waals surface area (Å²) < 4.78 is 0. The molecule has 6 heteroatoms. The molecule has 1 aromatic carbocycles. The summed E-state index contributed by atoms with van der Waals surface area (Å²) in [5, 5.41) is 3.55. The van der Waals surface area contributed by atoms with Crippen molar-refractivity contribution in [3.8, 4) is 0 Å². The van der Waals surface area contributed by atoms with Crippen LogP contribution in [0.15, 0.2) is 24.3 Å². The minimum absolute atomic E-state index is 0.0551. The fourth-order valence-electron chi connectivity index (χ4n) is 2.17. The Bertz CT molecular complexity index is 538. The van der Waals surface area contributed by atoms with E-state index in [1.165, 1.54) is 4.90 Å². The van der Waals surface area contributed by atoms with Gasteiger partial charge in [0.1, 0.15) is 6.54 Å². The van der Waals surface area contributed by atoms with E-state index >= 15 is 0 Å². The van der Waals surface area contributed by atoms with Gasteiger partial charge < -0.3 is 15.1 Å². The maximum atomic E-state index is 12.2. The van der Waals surface area contributed by atoms with Crippen molar-refractivity contribution in [3.63, 3.8) is 0 Å². The van der Waals surface area contributed by atoms with Gasteiger partial charge in [0.05, 0.1) is 13.6 Å². The Labute approximate surface area is 143 Å². The lowest BCUT2D eigenvalue weighted by Gasteiger charge is -2.24. The molecule has 0 radical (unpaired) electrons. The molecule has 2 amide bonds. The molecule has 0 aliphatic rings. The number of halogens is 1. The van der Waals surface area contributed by atoms with E-state index in [1.54, 1.807) is 7.05 Å². The number of benzene rings is 1. The number of hydrogen-bond donors (Lipinski definition) is 2. The van der Waals surface area contributed by atoms with Crippen molar-refractivity contribution in [1.29, 1.82) is 0 Å². The van der Waals surface area contributed by atoms with Crippen LogP contribution in [0.25, 0.3) is 0 Å². The predicted octanol–water partition coefficient (Wildman–Crippen LogP) is 0.728. The third-order valence-corrected chi connectivity index (χ3v) is 3.45. The topological polar surface area (TPSA) is 53.9 Å². The first kappa shape index (κ1) is 19.5. The lowest BCUT2D eigenvalue weighted by atomic mass is 10.1. The number of amides is 2. The van der Waals surface area contributed by atoms with Gasteiger partial charge in [-0.25, -0.2) is 0 Å². The summed E-state index contributed by atoms with van der Waals surface area (Å²) in [7, 11) is 3.61. The molecule has 0 aromatic heterocycles. The van der Waals surface area contributed by atoms with Gasteiger partial charge in [0.2, 0.25) is 5.91 Å². The fourth-order valence-corrected chi connectivity index (χ4v) is 2.29. The molecular formula is C17H27ClN3O2+. The highest BCUT2D eigenvalue weighted by atomic mass is 35.5. The summed E-state index contributed by atoms with van der Waals surface area (Å²) in [6, 6.07) is 7.59. The molecular weight excluding hydrogens is 314 g/mol. The second-order valence-corrected chi connectivity index (χ2v) is 7.42. The molecule has 128 valence electrons. The Hall–Kier alpha value is -1.59. The van der Waals surface area contributed by atoms with E-state index in [2.05, 4.69) is 5.32 Å². The Morgan fingerprint density at radius 2 is 1.78 bits per heavy atom. The van der Waals surface area contributed by atoms with E-state index in [1.807, 2.05) is 52.1 Å². The van der Waals surface area contributed by atoms with E-state index < -0.39 is 0 Å². The molecule has 0 aliphatic heterocycles. The number of likely N-dealkylation sites (N-methyl/N-ethyl adjacent to an activating group) is 2. The highest BCUT2D eigenvalue weighted by Crippen LogP contribution is 2.08. The zero-order chi connectivity index (χ0) is 17.6. The van der Waals surface area contributed by atoms with Crippen LogP contribution in [0.4, 0.5) is 0 Å². The SMILES string of the molecule is CN(CC(=O)NC(C)(C)C)C(=O)C[NH+](C)Cc1ccc(Cl)cc1. The highest BCUT2D eigenvalue weighted by Gasteiger charge is 2.20. The molecule has 1 unspecified atom stereocenters. The molecule has 2 N–H and O–H groups in total. The van der Waals surface area contributed by atoms with Gasteiger partial charge in [-0.3, -0.25) is 9.59 Å². The number of hydrogen-bond acceptors (Lipinski definition) is 2. The number of carbonyl (C=O) groups excluding carboxylic acids is 2. The quantitative estimate of drug-likeness (QED) is 0.802. The minimum Gasteiger partial charge on any atom is -0.350 e. The van der Waals surface area contributed by atoms with Crippen LogP contribution in [0, 0.1) is 0 Å². The molecule has 0 saturated heterocycles. The molecule has 5 nitrogen and oxygen atoms in total. The molecule has 0 heterocycles. The Morgan fingerprint density at radius 1 is 1.22 bits per heavy atom. The second-order valence-electron chi connectivity index (χ2n) is 6.99. The normalized spacial score (nSPS) is 12.6. The summed E-state index contributed by atoms with van der Waals surface area (Å²) in [5.41, 5.74) is 0.824. The monoisotopic (exact) mass is 340 g/mol. The Kier molecular flexibility index (Phi) is 7.03. The summed E-state index contributed by atoms with van der Waals surface area (Å²) in [6.07, 6.45) is 0. The average molecular weight is 341 g/mol. The van der Waals surface area contributed by atoms with Crippen LogP contribution < -0.4 is 10.2 Å². The van der Waals surface area contributed by atoms with Gasteiger partial charge >= 0.3 is 0 Å². The maximum Gasteiger partial charge on any atom is 0.277 e. The molecule has 1 atom stereocenters. The smallest absolute Gasteiger partial charge is 0.277 e. The summed E-state index contributed by atoms with van der Waals surface area (Å²) >= 11 is 5.86. The summed E-state index contributed by atoms with van der Waals surface area (Å²) in [5.74, 6) is -0.204. The van der Waals surface area contributed by atoms with Crippen molar-refractivity contribution in [2.75, 3.05) is 27.2 Å². The van der Waals surface area contributed by atoms with E-state index in [4.69, 9.17) is 11.6 Å². The highest BCUT2D eigenvalue weighted by molar-refractivity contribution is 6.30. The molecule has 0 saturated carbocycles. The van der Waals surface area contributed by atoms with Gasteiger partial charge in [-0.1, -0.05) is 23.7 Å². The third-order valence-electron chi connectivity index (χ3n) is 3.19.